The molecule has 3 aromatic carbocycles. The molecule has 7 nitrogen and oxygen atoms in total. The van der Waals surface area contributed by atoms with Crippen LogP contribution in [0.4, 0.5) is 11.4 Å². The van der Waals surface area contributed by atoms with Crippen LogP contribution in [0.5, 0.6) is 11.5 Å². The Balaban J connectivity index is 1.75. The number of anilines is 2. The highest BCUT2D eigenvalue weighted by atomic mass is 35.5. The van der Waals surface area contributed by atoms with Gasteiger partial charge >= 0.3 is 0 Å². The largest absolute Gasteiger partial charge is 0.493 e. The molecule has 0 atom stereocenters. The first kappa shape index (κ1) is 26.3. The van der Waals surface area contributed by atoms with E-state index in [0.29, 0.717) is 16.9 Å². The number of nitriles is 1. The standard InChI is InChI=1S/C28H26ClN3O4/c1-17-6-5-7-22(10-17)31-28(34)21(15-30)12-20-13-23(29)27(25(14-20)35-4)36-16-26(33)32-24-11-18(2)8-9-19(24)3/h5-14H,16H2,1-4H3,(H,31,34)(H,32,33)/b21-12+. The van der Waals surface area contributed by atoms with Crippen LogP contribution in [0.1, 0.15) is 22.3 Å². The summed E-state index contributed by atoms with van der Waals surface area (Å²) in [7, 11) is 1.43. The van der Waals surface area contributed by atoms with Crippen LogP contribution >= 0.6 is 11.6 Å². The number of carbonyl (C=O) groups is 2. The van der Waals surface area contributed by atoms with Crippen LogP contribution in [0.25, 0.3) is 6.08 Å². The molecular formula is C28H26ClN3O4. The fourth-order valence-corrected chi connectivity index (χ4v) is 3.67. The van der Waals surface area contributed by atoms with Gasteiger partial charge in [0.2, 0.25) is 0 Å². The van der Waals surface area contributed by atoms with Crippen LogP contribution in [0.15, 0.2) is 60.2 Å². The Labute approximate surface area is 215 Å². The Morgan fingerprint density at radius 2 is 1.78 bits per heavy atom. The van der Waals surface area contributed by atoms with E-state index < -0.39 is 5.91 Å². The number of hydrogen-bond acceptors (Lipinski definition) is 5. The Morgan fingerprint density at radius 3 is 2.47 bits per heavy atom. The molecule has 0 aliphatic heterocycles. The number of carbonyl (C=O) groups excluding carboxylic acids is 2. The third-order valence-corrected chi connectivity index (χ3v) is 5.50. The van der Waals surface area contributed by atoms with Crippen molar-refractivity contribution in [3.8, 4) is 17.6 Å². The topological polar surface area (TPSA) is 100 Å². The second-order valence-corrected chi connectivity index (χ2v) is 8.59. The zero-order valence-corrected chi connectivity index (χ0v) is 21.2. The minimum absolute atomic E-state index is 0.115. The zero-order chi connectivity index (χ0) is 26.2. The minimum atomic E-state index is -0.554. The van der Waals surface area contributed by atoms with Crippen molar-refractivity contribution in [2.75, 3.05) is 24.4 Å². The van der Waals surface area contributed by atoms with Crippen molar-refractivity contribution in [2.45, 2.75) is 20.8 Å². The molecule has 0 saturated carbocycles. The van der Waals surface area contributed by atoms with E-state index in [4.69, 9.17) is 21.1 Å². The lowest BCUT2D eigenvalue weighted by Crippen LogP contribution is -2.21. The number of hydrogen-bond donors (Lipinski definition) is 2. The summed E-state index contributed by atoms with van der Waals surface area (Å²) in [4.78, 5) is 25.1. The lowest BCUT2D eigenvalue weighted by Gasteiger charge is -2.14. The monoisotopic (exact) mass is 503 g/mol. The summed E-state index contributed by atoms with van der Waals surface area (Å²) in [6.45, 7) is 5.46. The van der Waals surface area contributed by atoms with Crippen LogP contribution in [-0.2, 0) is 9.59 Å². The average Bonchev–Trinajstić information content (AvgIpc) is 2.83. The molecule has 0 fully saturated rings. The lowest BCUT2D eigenvalue weighted by atomic mass is 10.1. The van der Waals surface area contributed by atoms with E-state index in [-0.39, 0.29) is 34.6 Å². The number of aryl methyl sites for hydroxylation is 3. The SMILES string of the molecule is COc1cc(/C=C(\C#N)C(=O)Nc2cccc(C)c2)cc(Cl)c1OCC(=O)Nc1cc(C)ccc1C. The molecule has 3 aromatic rings. The smallest absolute Gasteiger partial charge is 0.266 e. The van der Waals surface area contributed by atoms with E-state index in [1.165, 1.54) is 19.3 Å². The van der Waals surface area contributed by atoms with Crippen molar-refractivity contribution >= 4 is 40.9 Å². The van der Waals surface area contributed by atoms with Crippen molar-refractivity contribution in [1.29, 1.82) is 5.26 Å². The van der Waals surface area contributed by atoms with E-state index in [1.807, 2.05) is 57.2 Å². The molecule has 2 N–H and O–H groups in total. The van der Waals surface area contributed by atoms with E-state index in [2.05, 4.69) is 10.6 Å². The number of nitrogens with one attached hydrogen (secondary N) is 2. The quantitative estimate of drug-likeness (QED) is 0.297. The fraction of sp³-hybridized carbons (Fsp3) is 0.179. The molecule has 0 aromatic heterocycles. The normalized spacial score (nSPS) is 10.8. The number of rotatable bonds is 8. The van der Waals surface area contributed by atoms with Crippen LogP contribution in [0, 0.1) is 32.1 Å². The van der Waals surface area contributed by atoms with Crippen molar-refractivity contribution in [3.63, 3.8) is 0 Å². The molecule has 2 amide bonds. The maximum atomic E-state index is 12.6. The van der Waals surface area contributed by atoms with Crippen molar-refractivity contribution in [1.82, 2.24) is 0 Å². The Hall–Kier alpha value is -4.28. The van der Waals surface area contributed by atoms with Gasteiger partial charge in [-0.3, -0.25) is 9.59 Å². The van der Waals surface area contributed by atoms with Crippen molar-refractivity contribution in [2.24, 2.45) is 0 Å². The number of methoxy groups -OCH3 is 1. The summed E-state index contributed by atoms with van der Waals surface area (Å²) in [5.41, 5.74) is 4.56. The summed E-state index contributed by atoms with van der Waals surface area (Å²) >= 11 is 6.41. The number of halogens is 1. The lowest BCUT2D eigenvalue weighted by molar-refractivity contribution is -0.118. The third-order valence-electron chi connectivity index (χ3n) is 5.22. The second-order valence-electron chi connectivity index (χ2n) is 8.18. The summed E-state index contributed by atoms with van der Waals surface area (Å²) in [5.74, 6) is -0.480. The average molecular weight is 504 g/mol. The Kier molecular flexibility index (Phi) is 8.71. The summed E-state index contributed by atoms with van der Waals surface area (Å²) in [6.07, 6.45) is 1.40. The Morgan fingerprint density at radius 1 is 1.03 bits per heavy atom. The first-order valence-electron chi connectivity index (χ1n) is 11.1. The van der Waals surface area contributed by atoms with Crippen LogP contribution in [0.3, 0.4) is 0 Å². The predicted molar refractivity (Wildman–Crippen MR) is 141 cm³/mol. The van der Waals surface area contributed by atoms with Gasteiger partial charge in [0, 0.05) is 11.4 Å². The first-order chi connectivity index (χ1) is 17.2. The summed E-state index contributed by atoms with van der Waals surface area (Å²) in [6, 6.07) is 18.0. The highest BCUT2D eigenvalue weighted by molar-refractivity contribution is 6.32. The van der Waals surface area contributed by atoms with E-state index in [9.17, 15) is 14.9 Å². The predicted octanol–water partition coefficient (Wildman–Crippen LogP) is 5.84. The van der Waals surface area contributed by atoms with Gasteiger partial charge in [-0.2, -0.15) is 5.26 Å². The number of amides is 2. The van der Waals surface area contributed by atoms with Crippen LogP contribution < -0.4 is 20.1 Å². The number of nitrogens with zero attached hydrogens (tertiary/aromatic N) is 1. The fourth-order valence-electron chi connectivity index (χ4n) is 3.39. The highest BCUT2D eigenvalue weighted by Gasteiger charge is 2.16. The molecule has 36 heavy (non-hydrogen) atoms. The van der Waals surface area contributed by atoms with Crippen molar-refractivity contribution in [3.05, 3.63) is 87.4 Å². The van der Waals surface area contributed by atoms with Crippen molar-refractivity contribution < 1.29 is 19.1 Å². The van der Waals surface area contributed by atoms with Crippen LogP contribution in [-0.4, -0.2) is 25.5 Å². The minimum Gasteiger partial charge on any atom is -0.493 e. The molecule has 8 heteroatoms. The van der Waals surface area contributed by atoms with Gasteiger partial charge in [-0.25, -0.2) is 0 Å². The summed E-state index contributed by atoms with van der Waals surface area (Å²) < 4.78 is 11.0. The van der Waals surface area contributed by atoms with Gasteiger partial charge in [-0.15, -0.1) is 0 Å². The molecule has 0 bridgehead atoms. The van der Waals surface area contributed by atoms with Gasteiger partial charge in [-0.05, 0) is 79.4 Å². The molecule has 184 valence electrons. The Bertz CT molecular complexity index is 1380. The van der Waals surface area contributed by atoms with Crippen LogP contribution in [0.2, 0.25) is 5.02 Å². The maximum absolute atomic E-state index is 12.6. The molecule has 0 spiro atoms. The number of benzene rings is 3. The van der Waals surface area contributed by atoms with Gasteiger partial charge in [-0.1, -0.05) is 35.9 Å². The van der Waals surface area contributed by atoms with E-state index in [1.54, 1.807) is 18.2 Å². The molecule has 0 saturated heterocycles. The number of ether oxygens (including phenoxy) is 2. The molecule has 0 heterocycles. The van der Waals surface area contributed by atoms with Gasteiger partial charge in [0.15, 0.2) is 18.1 Å². The molecular weight excluding hydrogens is 478 g/mol. The first-order valence-corrected chi connectivity index (χ1v) is 11.4. The van der Waals surface area contributed by atoms with Gasteiger partial charge < -0.3 is 20.1 Å². The molecule has 0 unspecified atom stereocenters. The maximum Gasteiger partial charge on any atom is 0.266 e. The third kappa shape index (κ3) is 6.87. The van der Waals surface area contributed by atoms with E-state index >= 15 is 0 Å². The second kappa shape index (κ2) is 11.9. The zero-order valence-electron chi connectivity index (χ0n) is 20.4. The van der Waals surface area contributed by atoms with E-state index in [0.717, 1.165) is 16.7 Å². The molecule has 0 radical (unpaired) electrons. The molecule has 0 aliphatic carbocycles. The summed E-state index contributed by atoms with van der Waals surface area (Å²) in [5, 5.41) is 15.2. The van der Waals surface area contributed by atoms with Gasteiger partial charge in [0.05, 0.1) is 12.1 Å². The highest BCUT2D eigenvalue weighted by Crippen LogP contribution is 2.37. The molecule has 0 aliphatic rings. The molecule has 3 rings (SSSR count). The van der Waals surface area contributed by atoms with Gasteiger partial charge in [0.25, 0.3) is 11.8 Å². The van der Waals surface area contributed by atoms with Gasteiger partial charge in [0.1, 0.15) is 11.6 Å².